The van der Waals surface area contributed by atoms with Crippen molar-refractivity contribution in [2.24, 2.45) is 0 Å². The lowest BCUT2D eigenvalue weighted by Gasteiger charge is -2.25. The van der Waals surface area contributed by atoms with E-state index < -0.39 is 56.6 Å². The standard InChI is InChI=1S/C27H34FN6O7P/c1-8-27(28)22(35)20(40-26(27)34-15-29-21-23(33(6)7)30-18(5)31-24(21)34)14-38-42(37,41-19-12-10-9-11-13-19)32-17(4)25(36)39-16(2)3/h1,9-13,15-17,20,22,26,35H,14H2,2-7H3,(H,32,37)/t17-,20+,22+,26+,27+,42?/m0/s1. The number of halogens is 1. The van der Waals surface area contributed by atoms with Crippen molar-refractivity contribution >= 4 is 30.7 Å². The Morgan fingerprint density at radius 1 is 1.31 bits per heavy atom. The Hall–Kier alpha value is -3.60. The second-order valence-electron chi connectivity index (χ2n) is 10.2. The van der Waals surface area contributed by atoms with Crippen molar-refractivity contribution in [2.75, 3.05) is 25.6 Å². The first-order chi connectivity index (χ1) is 19.8. The zero-order valence-electron chi connectivity index (χ0n) is 24.1. The largest absolute Gasteiger partial charge is 0.462 e. The Morgan fingerprint density at radius 2 is 2.00 bits per heavy atom. The number of alkyl halides is 1. The van der Waals surface area contributed by atoms with Gasteiger partial charge in [-0.2, -0.15) is 5.09 Å². The molecule has 42 heavy (non-hydrogen) atoms. The smallest absolute Gasteiger partial charge is 0.459 e. The van der Waals surface area contributed by atoms with Gasteiger partial charge in [-0.3, -0.25) is 13.9 Å². The first-order valence-corrected chi connectivity index (χ1v) is 14.7. The molecule has 1 saturated heterocycles. The Kier molecular flexibility index (Phi) is 9.20. The first kappa shape index (κ1) is 31.3. The molecular weight excluding hydrogens is 570 g/mol. The molecule has 226 valence electrons. The fraction of sp³-hybridized carbons (Fsp3) is 0.481. The molecule has 2 aromatic heterocycles. The third-order valence-electron chi connectivity index (χ3n) is 6.29. The maximum absolute atomic E-state index is 16.3. The summed E-state index contributed by atoms with van der Waals surface area (Å²) in [5, 5.41) is 13.5. The number of nitrogens with zero attached hydrogens (tertiary/aromatic N) is 5. The van der Waals surface area contributed by atoms with Crippen LogP contribution in [0.15, 0.2) is 36.7 Å². The molecule has 0 amide bonds. The van der Waals surface area contributed by atoms with Crippen LogP contribution >= 0.6 is 7.75 Å². The summed E-state index contributed by atoms with van der Waals surface area (Å²) in [6.07, 6.45) is 1.57. The molecule has 1 fully saturated rings. The third-order valence-corrected chi connectivity index (χ3v) is 7.94. The van der Waals surface area contributed by atoms with E-state index in [1.54, 1.807) is 58.0 Å². The van der Waals surface area contributed by atoms with Crippen LogP contribution in [0.25, 0.3) is 11.2 Å². The van der Waals surface area contributed by atoms with Crippen molar-refractivity contribution in [3.8, 4) is 18.1 Å². The van der Waals surface area contributed by atoms with Crippen molar-refractivity contribution in [2.45, 2.75) is 63.9 Å². The van der Waals surface area contributed by atoms with Crippen molar-refractivity contribution < 1.29 is 37.4 Å². The van der Waals surface area contributed by atoms with Crippen LogP contribution in [0.1, 0.15) is 32.8 Å². The molecule has 0 aliphatic carbocycles. The first-order valence-electron chi connectivity index (χ1n) is 13.1. The molecule has 0 spiro atoms. The number of fused-ring (bicyclic) bond motifs is 1. The van der Waals surface area contributed by atoms with Crippen LogP contribution < -0.4 is 14.5 Å². The number of carbonyl (C=O) groups excluding carboxylic acids is 1. The zero-order chi connectivity index (χ0) is 30.8. The van der Waals surface area contributed by atoms with Gasteiger partial charge in [0.05, 0.1) is 19.0 Å². The second kappa shape index (κ2) is 12.3. The number of para-hydroxylation sites is 1. The molecule has 1 unspecified atom stereocenters. The molecule has 3 heterocycles. The summed E-state index contributed by atoms with van der Waals surface area (Å²) in [5.74, 6) is 2.37. The fourth-order valence-corrected chi connectivity index (χ4v) is 5.81. The highest BCUT2D eigenvalue weighted by molar-refractivity contribution is 7.52. The lowest BCUT2D eigenvalue weighted by atomic mass is 9.97. The van der Waals surface area contributed by atoms with Crippen LogP contribution in [0.3, 0.4) is 0 Å². The lowest BCUT2D eigenvalue weighted by Crippen LogP contribution is -2.42. The number of hydrogen-bond acceptors (Lipinski definition) is 11. The number of aliphatic hydroxyl groups is 1. The van der Waals surface area contributed by atoms with E-state index >= 15 is 4.39 Å². The van der Waals surface area contributed by atoms with Crippen LogP contribution in [-0.4, -0.2) is 81.3 Å². The highest BCUT2D eigenvalue weighted by atomic mass is 31.2. The van der Waals surface area contributed by atoms with Gasteiger partial charge in [0, 0.05) is 14.1 Å². The Balaban J connectivity index is 1.61. The van der Waals surface area contributed by atoms with E-state index in [1.807, 2.05) is 5.92 Å². The minimum atomic E-state index is -4.33. The molecule has 4 rings (SSSR count). The molecule has 13 nitrogen and oxygen atoms in total. The van der Waals surface area contributed by atoms with Gasteiger partial charge in [-0.25, -0.2) is 23.9 Å². The SMILES string of the molecule is C#C[C@@]1(F)[C@H](O)[C@@H](COP(=O)(N[C@@H](C)C(=O)OC(C)C)Oc2ccccc2)O[C@H]1n1cnc2c(N(C)C)nc(C)nc21. The summed E-state index contributed by atoms with van der Waals surface area (Å²) in [6.45, 7) is 5.81. The summed E-state index contributed by atoms with van der Waals surface area (Å²) < 4.78 is 53.7. The molecule has 6 atom stereocenters. The number of anilines is 1. The van der Waals surface area contributed by atoms with Crippen LogP contribution in [0.2, 0.25) is 0 Å². The average molecular weight is 605 g/mol. The maximum Gasteiger partial charge on any atom is 0.459 e. The Bertz CT molecular complexity index is 1510. The predicted molar refractivity (Wildman–Crippen MR) is 151 cm³/mol. The topological polar surface area (TPSA) is 150 Å². The summed E-state index contributed by atoms with van der Waals surface area (Å²) >= 11 is 0. The van der Waals surface area contributed by atoms with E-state index in [9.17, 15) is 14.5 Å². The van der Waals surface area contributed by atoms with Gasteiger partial charge in [-0.1, -0.05) is 24.1 Å². The van der Waals surface area contributed by atoms with Gasteiger partial charge in [0.1, 0.15) is 29.8 Å². The molecule has 1 aromatic carbocycles. The summed E-state index contributed by atoms with van der Waals surface area (Å²) in [7, 11) is -0.778. The zero-order valence-corrected chi connectivity index (χ0v) is 25.0. The number of imidazole rings is 1. The number of esters is 1. The minimum Gasteiger partial charge on any atom is -0.462 e. The van der Waals surface area contributed by atoms with Gasteiger partial charge in [0.15, 0.2) is 23.2 Å². The van der Waals surface area contributed by atoms with Gasteiger partial charge in [-0.05, 0) is 39.8 Å². The molecule has 2 N–H and O–H groups in total. The van der Waals surface area contributed by atoms with Crippen molar-refractivity contribution in [3.63, 3.8) is 0 Å². The number of aryl methyl sites for hydroxylation is 1. The number of terminal acetylenes is 1. The summed E-state index contributed by atoms with van der Waals surface area (Å²) in [6, 6.07) is 6.99. The van der Waals surface area contributed by atoms with E-state index in [1.165, 1.54) is 30.0 Å². The average Bonchev–Trinajstić information content (AvgIpc) is 3.45. The van der Waals surface area contributed by atoms with Crippen LogP contribution in [0.5, 0.6) is 5.75 Å². The normalized spacial score (nSPS) is 24.2. The summed E-state index contributed by atoms with van der Waals surface area (Å²) in [4.78, 5) is 27.2. The van der Waals surface area contributed by atoms with E-state index in [2.05, 4.69) is 20.0 Å². The number of carbonyl (C=O) groups is 1. The predicted octanol–water partition coefficient (Wildman–Crippen LogP) is 2.93. The van der Waals surface area contributed by atoms with Gasteiger partial charge in [0.2, 0.25) is 5.67 Å². The highest BCUT2D eigenvalue weighted by Gasteiger charge is 2.58. The van der Waals surface area contributed by atoms with Crippen LogP contribution in [0, 0.1) is 19.3 Å². The van der Waals surface area contributed by atoms with E-state index in [-0.39, 0.29) is 11.4 Å². The van der Waals surface area contributed by atoms with Crippen molar-refractivity contribution in [1.82, 2.24) is 24.6 Å². The van der Waals surface area contributed by atoms with Crippen molar-refractivity contribution in [1.29, 1.82) is 0 Å². The van der Waals surface area contributed by atoms with E-state index in [0.717, 1.165) is 0 Å². The van der Waals surface area contributed by atoms with Gasteiger partial charge in [-0.15, -0.1) is 6.42 Å². The lowest BCUT2D eigenvalue weighted by molar-refractivity contribution is -0.149. The number of benzene rings is 1. The minimum absolute atomic E-state index is 0.170. The second-order valence-corrected chi connectivity index (χ2v) is 11.9. The number of rotatable bonds is 11. The Morgan fingerprint density at radius 3 is 2.62 bits per heavy atom. The van der Waals surface area contributed by atoms with E-state index in [0.29, 0.717) is 17.2 Å². The molecule has 3 aromatic rings. The quantitative estimate of drug-likeness (QED) is 0.188. The maximum atomic E-state index is 16.3. The van der Waals surface area contributed by atoms with Crippen LogP contribution in [-0.2, 0) is 23.4 Å². The molecule has 15 heteroatoms. The van der Waals surface area contributed by atoms with Gasteiger partial charge >= 0.3 is 13.7 Å². The third kappa shape index (κ3) is 6.40. The molecular formula is C27H34FN6O7P. The van der Waals surface area contributed by atoms with Gasteiger partial charge in [0.25, 0.3) is 0 Å². The Labute approximate surface area is 242 Å². The summed E-state index contributed by atoms with van der Waals surface area (Å²) in [5.41, 5.74) is -2.14. The highest BCUT2D eigenvalue weighted by Crippen LogP contribution is 2.48. The molecule has 1 aliphatic rings. The number of hydrogen-bond donors (Lipinski definition) is 2. The van der Waals surface area contributed by atoms with Gasteiger partial charge < -0.3 is 24.0 Å². The molecule has 0 saturated carbocycles. The number of aliphatic hydroxyl groups excluding tert-OH is 1. The number of aromatic nitrogens is 4. The van der Waals surface area contributed by atoms with Crippen LogP contribution in [0.4, 0.5) is 10.2 Å². The number of ether oxygens (including phenoxy) is 2. The molecule has 0 radical (unpaired) electrons. The number of nitrogens with one attached hydrogen (secondary N) is 1. The monoisotopic (exact) mass is 604 g/mol. The molecule has 0 bridgehead atoms. The fourth-order valence-electron chi connectivity index (χ4n) is 4.31. The van der Waals surface area contributed by atoms with E-state index in [4.69, 9.17) is 24.9 Å². The van der Waals surface area contributed by atoms with Crippen molar-refractivity contribution in [3.05, 3.63) is 42.5 Å². The molecule has 1 aliphatic heterocycles.